The van der Waals surface area contributed by atoms with E-state index >= 15 is 0 Å². The number of nitrogens with zero attached hydrogens (tertiary/aromatic N) is 1. The molecule has 146 valence electrons. The van der Waals surface area contributed by atoms with Gasteiger partial charge in [-0.05, 0) is 29.9 Å². The topological polar surface area (TPSA) is 57.8 Å². The van der Waals surface area contributed by atoms with Gasteiger partial charge < -0.3 is 5.32 Å². The van der Waals surface area contributed by atoms with E-state index in [-0.39, 0.29) is 17.1 Å². The number of nitrogens with one attached hydrogen (secondary N) is 2. The van der Waals surface area contributed by atoms with Crippen molar-refractivity contribution in [1.29, 1.82) is 0 Å². The molecule has 0 bridgehead atoms. The molecule has 0 saturated heterocycles. The molecule has 2 heterocycles. The zero-order valence-electron chi connectivity index (χ0n) is 17.0. The van der Waals surface area contributed by atoms with E-state index in [2.05, 4.69) is 72.7 Å². The zero-order chi connectivity index (χ0) is 20.2. The minimum Gasteiger partial charge on any atom is -0.342 e. The maximum absolute atomic E-state index is 13.3. The lowest BCUT2D eigenvalue weighted by Crippen LogP contribution is -2.33. The average molecular weight is 383 g/mol. The highest BCUT2D eigenvalue weighted by Crippen LogP contribution is 2.50. The summed E-state index contributed by atoms with van der Waals surface area (Å²) in [6, 6.07) is 18.8. The van der Waals surface area contributed by atoms with Gasteiger partial charge in [0, 0.05) is 29.2 Å². The summed E-state index contributed by atoms with van der Waals surface area (Å²) >= 11 is 0. The van der Waals surface area contributed by atoms with Crippen LogP contribution in [0.25, 0.3) is 11.3 Å². The number of allylic oxidation sites excluding steroid dienone is 2. The Morgan fingerprint density at radius 1 is 1.00 bits per heavy atom. The Balaban J connectivity index is 1.73. The van der Waals surface area contributed by atoms with Gasteiger partial charge in [-0.25, -0.2) is 0 Å². The molecule has 4 nitrogen and oxygen atoms in total. The van der Waals surface area contributed by atoms with Crippen molar-refractivity contribution in [3.63, 3.8) is 0 Å². The number of Topliss-reactive ketones (excluding diaryl/α,β-unsaturated/α-hetero) is 1. The Kier molecular flexibility index (Phi) is 3.98. The Morgan fingerprint density at radius 3 is 2.45 bits per heavy atom. The number of carbonyl (C=O) groups is 1. The summed E-state index contributed by atoms with van der Waals surface area (Å²) in [5, 5.41) is 11.4. The van der Waals surface area contributed by atoms with Crippen molar-refractivity contribution in [3.05, 3.63) is 82.6 Å². The van der Waals surface area contributed by atoms with Crippen molar-refractivity contribution in [2.45, 2.75) is 39.5 Å². The highest BCUT2D eigenvalue weighted by atomic mass is 16.1. The second-order valence-corrected chi connectivity index (χ2v) is 9.03. The third-order valence-corrected chi connectivity index (χ3v) is 6.04. The summed E-state index contributed by atoms with van der Waals surface area (Å²) in [7, 11) is 0. The van der Waals surface area contributed by atoms with Crippen LogP contribution in [0, 0.1) is 12.3 Å². The van der Waals surface area contributed by atoms with E-state index in [0.717, 1.165) is 45.9 Å². The summed E-state index contributed by atoms with van der Waals surface area (Å²) in [5.41, 5.74) is 7.35. The fourth-order valence-electron chi connectivity index (χ4n) is 4.71. The highest BCUT2D eigenvalue weighted by Gasteiger charge is 2.42. The van der Waals surface area contributed by atoms with E-state index in [4.69, 9.17) is 0 Å². The lowest BCUT2D eigenvalue weighted by molar-refractivity contribution is -0.118. The van der Waals surface area contributed by atoms with Crippen molar-refractivity contribution in [2.75, 3.05) is 5.32 Å². The SMILES string of the molecule is Cc1ccc(-c2[nH]nc3c2[C@H](c2ccccc2)C2=C(CC(C)(C)CC2=O)N3)cc1. The Hall–Kier alpha value is -3.14. The van der Waals surface area contributed by atoms with Gasteiger partial charge in [0.15, 0.2) is 11.6 Å². The summed E-state index contributed by atoms with van der Waals surface area (Å²) in [5.74, 6) is 0.957. The highest BCUT2D eigenvalue weighted by molar-refractivity contribution is 6.02. The van der Waals surface area contributed by atoms with Crippen molar-refractivity contribution in [3.8, 4) is 11.3 Å². The third kappa shape index (κ3) is 3.00. The van der Waals surface area contributed by atoms with Crippen LogP contribution in [-0.4, -0.2) is 16.0 Å². The molecule has 4 heteroatoms. The summed E-state index contributed by atoms with van der Waals surface area (Å²) in [6.45, 7) is 6.40. The van der Waals surface area contributed by atoms with Crippen LogP contribution in [0.3, 0.4) is 0 Å². The van der Waals surface area contributed by atoms with E-state index in [1.54, 1.807) is 0 Å². The van der Waals surface area contributed by atoms with Crippen LogP contribution in [0.1, 0.15) is 49.3 Å². The van der Waals surface area contributed by atoms with Crippen LogP contribution >= 0.6 is 0 Å². The number of H-pyrrole nitrogens is 1. The first kappa shape index (κ1) is 17.9. The fraction of sp³-hybridized carbons (Fsp3) is 0.280. The molecule has 1 aliphatic carbocycles. The van der Waals surface area contributed by atoms with Crippen LogP contribution < -0.4 is 5.32 Å². The molecular formula is C25H25N3O. The lowest BCUT2D eigenvalue weighted by Gasteiger charge is -2.38. The predicted molar refractivity (Wildman–Crippen MR) is 116 cm³/mol. The van der Waals surface area contributed by atoms with E-state index in [1.165, 1.54) is 5.56 Å². The van der Waals surface area contributed by atoms with Gasteiger partial charge >= 0.3 is 0 Å². The molecular weight excluding hydrogens is 358 g/mol. The lowest BCUT2D eigenvalue weighted by atomic mass is 9.69. The number of aromatic amines is 1. The number of carbonyl (C=O) groups excluding carboxylic acids is 1. The van der Waals surface area contributed by atoms with Gasteiger partial charge in [-0.1, -0.05) is 74.0 Å². The molecule has 1 aromatic heterocycles. The molecule has 0 spiro atoms. The maximum Gasteiger partial charge on any atom is 0.162 e. The first-order chi connectivity index (χ1) is 13.9. The number of hydrogen-bond acceptors (Lipinski definition) is 3. The second kappa shape index (κ2) is 6.45. The van der Waals surface area contributed by atoms with E-state index in [9.17, 15) is 4.79 Å². The van der Waals surface area contributed by atoms with Crippen molar-refractivity contribution < 1.29 is 4.79 Å². The van der Waals surface area contributed by atoms with Crippen molar-refractivity contribution >= 4 is 11.6 Å². The number of anilines is 1. The molecule has 0 radical (unpaired) electrons. The Bertz CT molecular complexity index is 1120. The van der Waals surface area contributed by atoms with Gasteiger partial charge in [-0.2, -0.15) is 5.10 Å². The first-order valence-electron chi connectivity index (χ1n) is 10.2. The number of aromatic nitrogens is 2. The zero-order valence-corrected chi connectivity index (χ0v) is 17.0. The van der Waals surface area contributed by atoms with Gasteiger partial charge in [0.1, 0.15) is 0 Å². The number of aryl methyl sites for hydroxylation is 1. The fourth-order valence-corrected chi connectivity index (χ4v) is 4.71. The molecule has 1 atom stereocenters. The molecule has 0 saturated carbocycles. The van der Waals surface area contributed by atoms with E-state index in [0.29, 0.717) is 6.42 Å². The normalized spacial score (nSPS) is 20.1. The standard InChI is InChI=1S/C25H25N3O/c1-15-9-11-17(12-10-15)23-22-20(16-7-5-4-6-8-16)21-18(26-24(22)28-27-23)13-25(2,3)14-19(21)29/h4-12,20H,13-14H2,1-3H3,(H2,26,27,28)/t20-/m1/s1. The molecule has 3 aromatic rings. The Labute approximate surface area is 171 Å². The van der Waals surface area contributed by atoms with Gasteiger partial charge in [0.2, 0.25) is 0 Å². The van der Waals surface area contributed by atoms with Crippen LogP contribution in [0.4, 0.5) is 5.82 Å². The van der Waals surface area contributed by atoms with Crippen LogP contribution in [-0.2, 0) is 4.79 Å². The number of hydrogen-bond donors (Lipinski definition) is 2. The van der Waals surface area contributed by atoms with Crippen LogP contribution in [0.15, 0.2) is 65.9 Å². The monoisotopic (exact) mass is 383 g/mol. The number of fused-ring (bicyclic) bond motifs is 1. The largest absolute Gasteiger partial charge is 0.342 e. The molecule has 2 aromatic carbocycles. The van der Waals surface area contributed by atoms with E-state index in [1.807, 2.05) is 18.2 Å². The summed E-state index contributed by atoms with van der Waals surface area (Å²) < 4.78 is 0. The summed E-state index contributed by atoms with van der Waals surface area (Å²) in [4.78, 5) is 13.3. The quantitative estimate of drug-likeness (QED) is 0.607. The van der Waals surface area contributed by atoms with E-state index < -0.39 is 0 Å². The maximum atomic E-state index is 13.3. The van der Waals surface area contributed by atoms with Crippen LogP contribution in [0.2, 0.25) is 0 Å². The second-order valence-electron chi connectivity index (χ2n) is 9.03. The molecule has 5 rings (SSSR count). The Morgan fingerprint density at radius 2 is 1.72 bits per heavy atom. The number of rotatable bonds is 2. The van der Waals surface area contributed by atoms with Crippen molar-refractivity contribution in [1.82, 2.24) is 10.2 Å². The number of ketones is 1. The predicted octanol–water partition coefficient (Wildman–Crippen LogP) is 5.59. The van der Waals surface area contributed by atoms with Gasteiger partial charge in [0.05, 0.1) is 5.69 Å². The van der Waals surface area contributed by atoms with Gasteiger partial charge in [-0.15, -0.1) is 0 Å². The average Bonchev–Trinajstić information content (AvgIpc) is 3.10. The molecule has 29 heavy (non-hydrogen) atoms. The van der Waals surface area contributed by atoms with Crippen LogP contribution in [0.5, 0.6) is 0 Å². The van der Waals surface area contributed by atoms with Crippen molar-refractivity contribution in [2.24, 2.45) is 5.41 Å². The minimum absolute atomic E-state index is 0.0439. The molecule has 0 fully saturated rings. The molecule has 1 aliphatic heterocycles. The molecule has 0 amide bonds. The smallest absolute Gasteiger partial charge is 0.162 e. The minimum atomic E-state index is -0.110. The molecule has 2 N–H and O–H groups in total. The first-order valence-corrected chi connectivity index (χ1v) is 10.2. The third-order valence-electron chi connectivity index (χ3n) is 6.04. The summed E-state index contributed by atoms with van der Waals surface area (Å²) in [6.07, 6.45) is 1.42. The van der Waals surface area contributed by atoms with Gasteiger partial charge in [0.25, 0.3) is 0 Å². The number of benzene rings is 2. The molecule has 0 unspecified atom stereocenters. The van der Waals surface area contributed by atoms with Gasteiger partial charge in [-0.3, -0.25) is 9.89 Å². The molecule has 2 aliphatic rings.